The van der Waals surface area contributed by atoms with E-state index in [2.05, 4.69) is 26.1 Å². The number of rotatable bonds is 5. The van der Waals surface area contributed by atoms with Crippen LogP contribution in [0.1, 0.15) is 5.56 Å². The number of aryl methyl sites for hydroxylation is 1. The van der Waals surface area contributed by atoms with Crippen LogP contribution in [0.4, 0.5) is 11.4 Å². The number of ether oxygens (including phenoxy) is 2. The second-order valence-electron chi connectivity index (χ2n) is 6.01. The summed E-state index contributed by atoms with van der Waals surface area (Å²) in [5.74, 6) is 0.398. The first-order chi connectivity index (χ1) is 12.5. The first-order valence-corrected chi connectivity index (χ1v) is 9.51. The molecule has 1 N–H and O–H groups in total. The van der Waals surface area contributed by atoms with Gasteiger partial charge < -0.3 is 19.7 Å². The van der Waals surface area contributed by atoms with Gasteiger partial charge in [0, 0.05) is 28.3 Å². The molecule has 5 nitrogen and oxygen atoms in total. The topological polar surface area (TPSA) is 50.8 Å². The fourth-order valence-electron chi connectivity index (χ4n) is 2.70. The van der Waals surface area contributed by atoms with Crippen LogP contribution >= 0.6 is 27.5 Å². The van der Waals surface area contributed by atoms with E-state index >= 15 is 0 Å². The van der Waals surface area contributed by atoms with E-state index in [9.17, 15) is 4.79 Å². The minimum atomic E-state index is -0.219. The summed E-state index contributed by atoms with van der Waals surface area (Å²) in [5, 5.41) is 3.52. The highest BCUT2D eigenvalue weighted by molar-refractivity contribution is 9.10. The molecule has 7 heteroatoms. The average molecular weight is 440 g/mol. The van der Waals surface area contributed by atoms with Crippen LogP contribution in [0.15, 0.2) is 40.9 Å². The number of benzene rings is 2. The molecule has 3 rings (SSSR count). The van der Waals surface area contributed by atoms with Gasteiger partial charge in [-0.2, -0.15) is 0 Å². The number of amides is 1. The van der Waals surface area contributed by atoms with Gasteiger partial charge in [-0.25, -0.2) is 0 Å². The van der Waals surface area contributed by atoms with Gasteiger partial charge in [-0.3, -0.25) is 4.79 Å². The molecule has 0 spiro atoms. The lowest BCUT2D eigenvalue weighted by molar-refractivity contribution is -0.118. The highest BCUT2D eigenvalue weighted by atomic mass is 79.9. The maximum atomic E-state index is 12.1. The number of nitrogens with one attached hydrogen (secondary N) is 1. The van der Waals surface area contributed by atoms with E-state index in [-0.39, 0.29) is 12.5 Å². The van der Waals surface area contributed by atoms with Crippen LogP contribution in [-0.2, 0) is 9.53 Å². The van der Waals surface area contributed by atoms with Gasteiger partial charge in [0.2, 0.25) is 0 Å². The van der Waals surface area contributed by atoms with Crippen LogP contribution < -0.4 is 15.0 Å². The first kappa shape index (κ1) is 19.0. The Labute approximate surface area is 166 Å². The Hall–Kier alpha value is -1.76. The van der Waals surface area contributed by atoms with Crippen molar-refractivity contribution in [1.29, 1.82) is 0 Å². The Kier molecular flexibility index (Phi) is 6.40. The fraction of sp³-hybridized carbons (Fsp3) is 0.316. The highest BCUT2D eigenvalue weighted by Crippen LogP contribution is 2.30. The fourth-order valence-corrected chi connectivity index (χ4v) is 3.45. The molecular formula is C19H20BrClN2O3. The van der Waals surface area contributed by atoms with Gasteiger partial charge in [0.25, 0.3) is 5.91 Å². The third kappa shape index (κ3) is 4.90. The molecule has 1 fully saturated rings. The van der Waals surface area contributed by atoms with E-state index in [1.807, 2.05) is 31.2 Å². The maximum absolute atomic E-state index is 12.1. The minimum Gasteiger partial charge on any atom is -0.484 e. The summed E-state index contributed by atoms with van der Waals surface area (Å²) in [6, 6.07) is 11.1. The van der Waals surface area contributed by atoms with E-state index < -0.39 is 0 Å². The molecule has 1 heterocycles. The van der Waals surface area contributed by atoms with Gasteiger partial charge in [-0.1, -0.05) is 11.6 Å². The molecule has 2 aromatic carbocycles. The monoisotopic (exact) mass is 438 g/mol. The van der Waals surface area contributed by atoms with Gasteiger partial charge in [0.1, 0.15) is 5.75 Å². The summed E-state index contributed by atoms with van der Waals surface area (Å²) < 4.78 is 11.8. The molecule has 1 amide bonds. The zero-order valence-corrected chi connectivity index (χ0v) is 16.8. The number of nitrogens with zero attached hydrogens (tertiary/aromatic N) is 1. The van der Waals surface area contributed by atoms with E-state index in [1.165, 1.54) is 0 Å². The van der Waals surface area contributed by atoms with Crippen molar-refractivity contribution in [3.63, 3.8) is 0 Å². The Morgan fingerprint density at radius 1 is 1.27 bits per heavy atom. The van der Waals surface area contributed by atoms with Gasteiger partial charge in [-0.05, 0) is 64.8 Å². The number of carbonyl (C=O) groups is 1. The van der Waals surface area contributed by atoms with Gasteiger partial charge in [0.15, 0.2) is 6.61 Å². The molecule has 0 radical (unpaired) electrons. The summed E-state index contributed by atoms with van der Waals surface area (Å²) in [4.78, 5) is 14.4. The Morgan fingerprint density at radius 3 is 2.73 bits per heavy atom. The van der Waals surface area contributed by atoms with Crippen LogP contribution in [0.3, 0.4) is 0 Å². The number of morpholine rings is 1. The van der Waals surface area contributed by atoms with Gasteiger partial charge in [-0.15, -0.1) is 0 Å². The summed E-state index contributed by atoms with van der Waals surface area (Å²) in [7, 11) is 0. The molecule has 2 aromatic rings. The lowest BCUT2D eigenvalue weighted by Gasteiger charge is -2.29. The van der Waals surface area contributed by atoms with Crippen molar-refractivity contribution in [1.82, 2.24) is 0 Å². The molecule has 1 aliphatic heterocycles. The smallest absolute Gasteiger partial charge is 0.262 e. The third-order valence-electron chi connectivity index (χ3n) is 4.08. The first-order valence-electron chi connectivity index (χ1n) is 8.34. The molecular weight excluding hydrogens is 420 g/mol. The van der Waals surface area contributed by atoms with Gasteiger partial charge in [0.05, 0.1) is 18.9 Å². The highest BCUT2D eigenvalue weighted by Gasteiger charge is 2.14. The number of hydrogen-bond acceptors (Lipinski definition) is 4. The van der Waals surface area contributed by atoms with Crippen molar-refractivity contribution in [2.24, 2.45) is 0 Å². The standard InChI is InChI=1S/C19H20BrClN2O3/c1-13-10-15(3-4-17(13)21)26-12-19(24)22-14-2-5-18(16(20)11-14)23-6-8-25-9-7-23/h2-5,10-11H,6-9,12H2,1H3,(H,22,24). The van der Waals surface area contributed by atoms with Crippen LogP contribution in [-0.4, -0.2) is 38.8 Å². The van der Waals surface area contributed by atoms with Crippen molar-refractivity contribution < 1.29 is 14.3 Å². The van der Waals surface area contributed by atoms with Crippen LogP contribution in [0, 0.1) is 6.92 Å². The molecule has 0 atom stereocenters. The molecule has 0 aromatic heterocycles. The van der Waals surface area contributed by atoms with Crippen molar-refractivity contribution in [3.8, 4) is 5.75 Å². The largest absolute Gasteiger partial charge is 0.484 e. The lowest BCUT2D eigenvalue weighted by atomic mass is 10.2. The summed E-state index contributed by atoms with van der Waals surface area (Å²) in [6.45, 7) is 5.00. The van der Waals surface area contributed by atoms with Crippen molar-refractivity contribution in [2.75, 3.05) is 43.1 Å². The predicted octanol–water partition coefficient (Wildman–Crippen LogP) is 4.27. The lowest BCUT2D eigenvalue weighted by Crippen LogP contribution is -2.36. The molecule has 0 unspecified atom stereocenters. The van der Waals surface area contributed by atoms with Crippen LogP contribution in [0.5, 0.6) is 5.75 Å². The molecule has 1 saturated heterocycles. The normalized spacial score (nSPS) is 14.2. The molecule has 0 saturated carbocycles. The second-order valence-corrected chi connectivity index (χ2v) is 7.27. The predicted molar refractivity (Wildman–Crippen MR) is 107 cm³/mol. The molecule has 1 aliphatic rings. The summed E-state index contributed by atoms with van der Waals surface area (Å²) in [6.07, 6.45) is 0. The van der Waals surface area contributed by atoms with E-state index in [4.69, 9.17) is 21.1 Å². The molecule has 26 heavy (non-hydrogen) atoms. The van der Waals surface area contributed by atoms with Crippen LogP contribution in [0.2, 0.25) is 5.02 Å². The number of carbonyl (C=O) groups excluding carboxylic acids is 1. The Balaban J connectivity index is 1.56. The van der Waals surface area contributed by atoms with Gasteiger partial charge >= 0.3 is 0 Å². The third-order valence-corrected chi connectivity index (χ3v) is 5.14. The quantitative estimate of drug-likeness (QED) is 0.756. The van der Waals surface area contributed by atoms with Crippen molar-refractivity contribution in [3.05, 3.63) is 51.5 Å². The van der Waals surface area contributed by atoms with Crippen LogP contribution in [0.25, 0.3) is 0 Å². The Morgan fingerprint density at radius 2 is 2.04 bits per heavy atom. The molecule has 138 valence electrons. The van der Waals surface area contributed by atoms with Crippen molar-refractivity contribution >= 4 is 44.8 Å². The summed E-state index contributed by atoms with van der Waals surface area (Å²) in [5.41, 5.74) is 2.72. The average Bonchev–Trinajstić information content (AvgIpc) is 2.63. The van der Waals surface area contributed by atoms with E-state index in [0.717, 1.165) is 47.7 Å². The number of hydrogen-bond donors (Lipinski definition) is 1. The molecule has 0 aliphatic carbocycles. The maximum Gasteiger partial charge on any atom is 0.262 e. The Bertz CT molecular complexity index is 794. The summed E-state index contributed by atoms with van der Waals surface area (Å²) >= 11 is 9.57. The molecule has 0 bridgehead atoms. The minimum absolute atomic E-state index is 0.0656. The number of halogens is 2. The van der Waals surface area contributed by atoms with E-state index in [0.29, 0.717) is 10.8 Å². The zero-order chi connectivity index (χ0) is 18.5. The number of anilines is 2. The second kappa shape index (κ2) is 8.75. The van der Waals surface area contributed by atoms with E-state index in [1.54, 1.807) is 12.1 Å². The van der Waals surface area contributed by atoms with Crippen molar-refractivity contribution in [2.45, 2.75) is 6.92 Å². The zero-order valence-electron chi connectivity index (χ0n) is 14.4. The SMILES string of the molecule is Cc1cc(OCC(=O)Nc2ccc(N3CCOCC3)c(Br)c2)ccc1Cl.